The topological polar surface area (TPSA) is 94.2 Å². The summed E-state index contributed by atoms with van der Waals surface area (Å²) >= 11 is 6.41. The van der Waals surface area contributed by atoms with E-state index in [1.807, 2.05) is 24.9 Å². The zero-order valence-electron chi connectivity index (χ0n) is 19.1. The molecule has 1 aromatic rings. The maximum absolute atomic E-state index is 13.7. The number of nitrogens with zero attached hydrogens (tertiary/aromatic N) is 3. The van der Waals surface area contributed by atoms with Crippen molar-refractivity contribution in [2.24, 2.45) is 5.92 Å². The van der Waals surface area contributed by atoms with Gasteiger partial charge in [-0.25, -0.2) is 9.80 Å². The molecule has 0 saturated carbocycles. The van der Waals surface area contributed by atoms with E-state index in [0.29, 0.717) is 54.6 Å². The van der Waals surface area contributed by atoms with E-state index in [2.05, 4.69) is 10.7 Å². The van der Waals surface area contributed by atoms with E-state index in [-0.39, 0.29) is 30.3 Å². The molecule has 3 aliphatic rings. The van der Waals surface area contributed by atoms with Crippen LogP contribution in [0.15, 0.2) is 35.5 Å². The fourth-order valence-electron chi connectivity index (χ4n) is 4.51. The molecule has 1 aromatic carbocycles. The average molecular weight is 476 g/mol. The number of hydrazine groups is 1. The molecule has 1 saturated heterocycles. The van der Waals surface area contributed by atoms with Crippen LogP contribution in [0.2, 0.25) is 5.02 Å². The van der Waals surface area contributed by atoms with Gasteiger partial charge in [-0.3, -0.25) is 19.9 Å². The van der Waals surface area contributed by atoms with Crippen LogP contribution in [0.5, 0.6) is 0 Å². The third kappa shape index (κ3) is 4.71. The third-order valence-electron chi connectivity index (χ3n) is 6.26. The highest BCUT2D eigenvalue weighted by Gasteiger charge is 2.46. The summed E-state index contributed by atoms with van der Waals surface area (Å²) in [5, 5.41) is 5.19. The van der Waals surface area contributed by atoms with Gasteiger partial charge in [-0.2, -0.15) is 0 Å². The number of carbonyl (C=O) groups is 3. The van der Waals surface area contributed by atoms with Crippen molar-refractivity contribution in [1.82, 2.24) is 25.6 Å². The highest BCUT2D eigenvalue weighted by molar-refractivity contribution is 6.31. The smallest absolute Gasteiger partial charge is 0.322 e. The minimum absolute atomic E-state index is 0.187. The van der Waals surface area contributed by atoms with Gasteiger partial charge in [-0.1, -0.05) is 43.6 Å². The van der Waals surface area contributed by atoms with Crippen molar-refractivity contribution in [3.05, 3.63) is 46.1 Å². The third-order valence-corrected chi connectivity index (χ3v) is 6.60. The van der Waals surface area contributed by atoms with E-state index in [9.17, 15) is 14.4 Å². The Morgan fingerprint density at radius 1 is 1.24 bits per heavy atom. The van der Waals surface area contributed by atoms with Gasteiger partial charge >= 0.3 is 6.03 Å². The highest BCUT2D eigenvalue weighted by Crippen LogP contribution is 2.39. The molecule has 9 nitrogen and oxygen atoms in total. The average Bonchev–Trinajstić information content (AvgIpc) is 3.13. The molecule has 3 heterocycles. The van der Waals surface area contributed by atoms with Crippen LogP contribution in [-0.2, 0) is 14.3 Å². The summed E-state index contributed by atoms with van der Waals surface area (Å²) in [5.74, 6) is -0.299. The number of amides is 4. The first-order valence-corrected chi connectivity index (χ1v) is 11.6. The van der Waals surface area contributed by atoms with E-state index in [0.717, 1.165) is 0 Å². The summed E-state index contributed by atoms with van der Waals surface area (Å²) in [4.78, 5) is 42.8. The maximum atomic E-state index is 13.7. The Balaban J connectivity index is 1.63. The van der Waals surface area contributed by atoms with Crippen LogP contribution in [0.3, 0.4) is 0 Å². The normalized spacial score (nSPS) is 22.5. The van der Waals surface area contributed by atoms with Crippen LogP contribution >= 0.6 is 11.6 Å². The van der Waals surface area contributed by atoms with Crippen molar-refractivity contribution in [1.29, 1.82) is 0 Å². The van der Waals surface area contributed by atoms with E-state index >= 15 is 0 Å². The molecule has 0 aliphatic carbocycles. The Kier molecular flexibility index (Phi) is 6.92. The van der Waals surface area contributed by atoms with Gasteiger partial charge in [-0.05, 0) is 24.0 Å². The predicted molar refractivity (Wildman–Crippen MR) is 123 cm³/mol. The summed E-state index contributed by atoms with van der Waals surface area (Å²) in [6.07, 6.45) is 0.504. The number of morpholine rings is 1. The van der Waals surface area contributed by atoms with Gasteiger partial charge in [0.15, 0.2) is 0 Å². The quantitative estimate of drug-likeness (QED) is 0.655. The monoisotopic (exact) mass is 475 g/mol. The molecule has 0 unspecified atom stereocenters. The molecule has 3 aliphatic heterocycles. The molecule has 0 aromatic heterocycles. The second-order valence-corrected chi connectivity index (χ2v) is 9.38. The van der Waals surface area contributed by atoms with Gasteiger partial charge in [0.05, 0.1) is 37.1 Å². The molecule has 4 amide bonds. The lowest BCUT2D eigenvalue weighted by molar-refractivity contribution is -0.141. The number of nitrogens with one attached hydrogen (secondary N) is 2. The zero-order chi connectivity index (χ0) is 23.7. The molecule has 4 rings (SSSR count). The van der Waals surface area contributed by atoms with E-state index < -0.39 is 12.1 Å². The second-order valence-electron chi connectivity index (χ2n) is 8.98. The minimum Gasteiger partial charge on any atom is -0.379 e. The summed E-state index contributed by atoms with van der Waals surface area (Å²) in [6.45, 7) is 6.51. The summed E-state index contributed by atoms with van der Waals surface area (Å²) in [6, 6.07) is 5.51. The van der Waals surface area contributed by atoms with Crippen LogP contribution in [0.25, 0.3) is 0 Å². The van der Waals surface area contributed by atoms with Crippen molar-refractivity contribution >= 4 is 29.4 Å². The first-order chi connectivity index (χ1) is 15.8. The fourth-order valence-corrected chi connectivity index (χ4v) is 4.76. The zero-order valence-corrected chi connectivity index (χ0v) is 19.9. The SMILES string of the molecule is CC(C)C[C@H](C(=O)NN1CCOCC1)N1CC2=C(C1=O)[C@@H](c1ccccc1Cl)NC(=O)N2C. The van der Waals surface area contributed by atoms with Gasteiger partial charge in [0, 0.05) is 25.2 Å². The Morgan fingerprint density at radius 2 is 1.94 bits per heavy atom. The van der Waals surface area contributed by atoms with E-state index in [1.54, 1.807) is 30.1 Å². The Hall–Kier alpha value is -2.62. The van der Waals surface area contributed by atoms with Gasteiger partial charge in [0.25, 0.3) is 11.8 Å². The molecule has 2 N–H and O–H groups in total. The van der Waals surface area contributed by atoms with Crippen molar-refractivity contribution in [3.8, 4) is 0 Å². The van der Waals surface area contributed by atoms with Crippen molar-refractivity contribution in [3.63, 3.8) is 0 Å². The Morgan fingerprint density at radius 3 is 2.61 bits per heavy atom. The van der Waals surface area contributed by atoms with Crippen molar-refractivity contribution in [2.45, 2.75) is 32.4 Å². The van der Waals surface area contributed by atoms with E-state index in [4.69, 9.17) is 16.3 Å². The standard InChI is InChI=1S/C23H30ClN5O4/c1-14(2)12-17(21(30)26-28-8-10-33-11-9-28)29-13-18-19(22(29)31)20(25-23(32)27(18)3)15-6-4-5-7-16(15)24/h4-7,14,17,20H,8-13H2,1-3H3,(H,25,32)(H,26,30)/t17-,20-/m1/s1. The predicted octanol–water partition coefficient (Wildman–Crippen LogP) is 1.91. The maximum Gasteiger partial charge on any atom is 0.322 e. The second kappa shape index (κ2) is 9.70. The van der Waals surface area contributed by atoms with Crippen LogP contribution in [0.4, 0.5) is 4.79 Å². The molecule has 0 radical (unpaired) electrons. The Bertz CT molecular complexity index is 975. The molecule has 0 bridgehead atoms. The largest absolute Gasteiger partial charge is 0.379 e. The van der Waals surface area contributed by atoms with Gasteiger partial charge < -0.3 is 15.0 Å². The van der Waals surface area contributed by atoms with Gasteiger partial charge in [-0.15, -0.1) is 0 Å². The van der Waals surface area contributed by atoms with Crippen LogP contribution in [0, 0.1) is 5.92 Å². The number of hydrogen-bond donors (Lipinski definition) is 2. The summed E-state index contributed by atoms with van der Waals surface area (Å²) in [5.41, 5.74) is 4.67. The number of hydrogen-bond acceptors (Lipinski definition) is 5. The lowest BCUT2D eigenvalue weighted by Gasteiger charge is -2.33. The molecule has 1 fully saturated rings. The Labute approximate surface area is 198 Å². The number of likely N-dealkylation sites (N-methyl/N-ethyl adjacent to an activating group) is 1. The van der Waals surface area contributed by atoms with Crippen molar-refractivity contribution < 1.29 is 19.1 Å². The molecule has 10 heteroatoms. The van der Waals surface area contributed by atoms with Gasteiger partial charge in [0.2, 0.25) is 0 Å². The lowest BCUT2D eigenvalue weighted by atomic mass is 9.95. The number of ether oxygens (including phenoxy) is 1. The number of urea groups is 1. The number of carbonyl (C=O) groups excluding carboxylic acids is 3. The lowest BCUT2D eigenvalue weighted by Crippen LogP contribution is -2.56. The van der Waals surface area contributed by atoms with Gasteiger partial charge in [0.1, 0.15) is 6.04 Å². The number of halogens is 1. The van der Waals surface area contributed by atoms with Crippen molar-refractivity contribution in [2.75, 3.05) is 39.9 Å². The highest BCUT2D eigenvalue weighted by atomic mass is 35.5. The molecule has 178 valence electrons. The first kappa shape index (κ1) is 23.5. The fraction of sp³-hybridized carbons (Fsp3) is 0.522. The number of benzene rings is 1. The van der Waals surface area contributed by atoms with Crippen LogP contribution < -0.4 is 10.7 Å². The summed E-state index contributed by atoms with van der Waals surface area (Å²) in [7, 11) is 1.63. The van der Waals surface area contributed by atoms with E-state index in [1.165, 1.54) is 4.90 Å². The van der Waals surface area contributed by atoms with Crippen LogP contribution in [0.1, 0.15) is 31.9 Å². The molecule has 2 atom stereocenters. The number of rotatable bonds is 6. The molecular formula is C23H30ClN5O4. The molecule has 33 heavy (non-hydrogen) atoms. The molecular weight excluding hydrogens is 446 g/mol. The summed E-state index contributed by atoms with van der Waals surface area (Å²) < 4.78 is 5.35. The van der Waals surface area contributed by atoms with Crippen LogP contribution in [-0.4, -0.2) is 78.6 Å². The molecule has 0 spiro atoms. The first-order valence-electron chi connectivity index (χ1n) is 11.2. The minimum atomic E-state index is -0.670.